The lowest BCUT2D eigenvalue weighted by Gasteiger charge is -2.00. The van der Waals surface area contributed by atoms with Gasteiger partial charge in [-0.2, -0.15) is 5.10 Å². The SMILES string of the molecule is O=C(CCc1ccccc1)NN=Cc1ccc(Br)cc1. The Hall–Kier alpha value is -1.94. The number of carbonyl (C=O) groups excluding carboxylic acids is 1. The number of rotatable bonds is 5. The first-order chi connectivity index (χ1) is 9.74. The molecule has 0 fully saturated rings. The minimum atomic E-state index is -0.0813. The fourth-order valence-corrected chi connectivity index (χ4v) is 1.95. The van der Waals surface area contributed by atoms with E-state index in [-0.39, 0.29) is 5.91 Å². The smallest absolute Gasteiger partial charge is 0.240 e. The normalized spacial score (nSPS) is 10.7. The summed E-state index contributed by atoms with van der Waals surface area (Å²) >= 11 is 3.37. The van der Waals surface area contributed by atoms with Crippen LogP contribution in [0.2, 0.25) is 0 Å². The second-order valence-electron chi connectivity index (χ2n) is 4.33. The molecule has 1 amide bonds. The fourth-order valence-electron chi connectivity index (χ4n) is 1.69. The van der Waals surface area contributed by atoms with Crippen LogP contribution in [0, 0.1) is 0 Å². The summed E-state index contributed by atoms with van der Waals surface area (Å²) < 4.78 is 1.02. The van der Waals surface area contributed by atoms with Crippen LogP contribution in [0.3, 0.4) is 0 Å². The van der Waals surface area contributed by atoms with Gasteiger partial charge in [-0.05, 0) is 29.7 Å². The molecule has 0 saturated heterocycles. The van der Waals surface area contributed by atoms with Crippen molar-refractivity contribution in [2.45, 2.75) is 12.8 Å². The van der Waals surface area contributed by atoms with Gasteiger partial charge in [-0.15, -0.1) is 0 Å². The molecule has 0 radical (unpaired) electrons. The van der Waals surface area contributed by atoms with Crippen molar-refractivity contribution < 1.29 is 4.79 Å². The molecule has 0 aliphatic carbocycles. The molecule has 0 saturated carbocycles. The third-order valence-corrected chi connectivity index (χ3v) is 3.29. The Kier molecular flexibility index (Phi) is 5.50. The van der Waals surface area contributed by atoms with Gasteiger partial charge in [0.05, 0.1) is 6.21 Å². The largest absolute Gasteiger partial charge is 0.273 e. The van der Waals surface area contributed by atoms with E-state index in [4.69, 9.17) is 0 Å². The molecule has 0 spiro atoms. The van der Waals surface area contributed by atoms with Crippen LogP contribution < -0.4 is 5.43 Å². The summed E-state index contributed by atoms with van der Waals surface area (Å²) in [6.45, 7) is 0. The van der Waals surface area contributed by atoms with E-state index in [9.17, 15) is 4.79 Å². The summed E-state index contributed by atoms with van der Waals surface area (Å²) in [5.74, 6) is -0.0813. The van der Waals surface area contributed by atoms with E-state index in [2.05, 4.69) is 26.5 Å². The van der Waals surface area contributed by atoms with Crippen LogP contribution in [0.5, 0.6) is 0 Å². The zero-order chi connectivity index (χ0) is 14.2. The monoisotopic (exact) mass is 330 g/mol. The molecule has 1 N–H and O–H groups in total. The van der Waals surface area contributed by atoms with Gasteiger partial charge in [-0.25, -0.2) is 5.43 Å². The van der Waals surface area contributed by atoms with Crippen molar-refractivity contribution >= 4 is 28.1 Å². The Labute approximate surface area is 126 Å². The number of hydrazone groups is 1. The van der Waals surface area contributed by atoms with E-state index < -0.39 is 0 Å². The molecule has 102 valence electrons. The molecule has 2 aromatic rings. The molecule has 0 atom stereocenters. The first-order valence-corrected chi connectivity index (χ1v) is 7.15. The molecule has 0 bridgehead atoms. The average Bonchev–Trinajstić information content (AvgIpc) is 2.48. The van der Waals surface area contributed by atoms with Crippen molar-refractivity contribution in [1.29, 1.82) is 0 Å². The summed E-state index contributed by atoms with van der Waals surface area (Å²) in [7, 11) is 0. The number of benzene rings is 2. The van der Waals surface area contributed by atoms with Gasteiger partial charge in [0.2, 0.25) is 5.91 Å². The number of carbonyl (C=O) groups is 1. The highest BCUT2D eigenvalue weighted by atomic mass is 79.9. The number of amides is 1. The van der Waals surface area contributed by atoms with Crippen molar-refractivity contribution in [3.8, 4) is 0 Å². The Morgan fingerprint density at radius 1 is 1.10 bits per heavy atom. The summed E-state index contributed by atoms with van der Waals surface area (Å²) in [6.07, 6.45) is 2.79. The van der Waals surface area contributed by atoms with E-state index in [1.54, 1.807) is 6.21 Å². The first kappa shape index (κ1) is 14.5. The van der Waals surface area contributed by atoms with Crippen LogP contribution in [-0.2, 0) is 11.2 Å². The molecule has 0 heterocycles. The summed E-state index contributed by atoms with van der Waals surface area (Å²) in [4.78, 5) is 11.6. The van der Waals surface area contributed by atoms with Gasteiger partial charge >= 0.3 is 0 Å². The van der Waals surface area contributed by atoms with Crippen molar-refractivity contribution in [2.24, 2.45) is 5.10 Å². The van der Waals surface area contributed by atoms with Crippen LogP contribution in [0.15, 0.2) is 64.2 Å². The van der Waals surface area contributed by atoms with Crippen molar-refractivity contribution in [2.75, 3.05) is 0 Å². The van der Waals surface area contributed by atoms with E-state index in [1.807, 2.05) is 54.6 Å². The summed E-state index contributed by atoms with van der Waals surface area (Å²) in [5.41, 5.74) is 4.63. The molecular weight excluding hydrogens is 316 g/mol. The van der Waals surface area contributed by atoms with Gasteiger partial charge in [-0.1, -0.05) is 58.4 Å². The van der Waals surface area contributed by atoms with Crippen LogP contribution in [0.25, 0.3) is 0 Å². The number of nitrogens with zero attached hydrogens (tertiary/aromatic N) is 1. The van der Waals surface area contributed by atoms with Gasteiger partial charge in [0.1, 0.15) is 0 Å². The van der Waals surface area contributed by atoms with E-state index in [0.717, 1.165) is 22.0 Å². The van der Waals surface area contributed by atoms with Crippen LogP contribution >= 0.6 is 15.9 Å². The number of hydrogen-bond acceptors (Lipinski definition) is 2. The van der Waals surface area contributed by atoms with Gasteiger partial charge < -0.3 is 0 Å². The lowest BCUT2D eigenvalue weighted by atomic mass is 10.1. The zero-order valence-corrected chi connectivity index (χ0v) is 12.5. The summed E-state index contributed by atoms with van der Waals surface area (Å²) in [6, 6.07) is 17.6. The Bertz CT molecular complexity index is 579. The Morgan fingerprint density at radius 3 is 2.50 bits per heavy atom. The second kappa shape index (κ2) is 7.60. The van der Waals surface area contributed by atoms with Gasteiger partial charge in [0, 0.05) is 10.9 Å². The van der Waals surface area contributed by atoms with Crippen LogP contribution in [-0.4, -0.2) is 12.1 Å². The van der Waals surface area contributed by atoms with Gasteiger partial charge in [-0.3, -0.25) is 4.79 Å². The maximum Gasteiger partial charge on any atom is 0.240 e. The first-order valence-electron chi connectivity index (χ1n) is 6.35. The average molecular weight is 331 g/mol. The highest BCUT2D eigenvalue weighted by Crippen LogP contribution is 2.08. The van der Waals surface area contributed by atoms with E-state index in [1.165, 1.54) is 0 Å². The molecule has 2 aromatic carbocycles. The van der Waals surface area contributed by atoms with Gasteiger partial charge in [0.15, 0.2) is 0 Å². The maximum atomic E-state index is 11.6. The molecule has 3 nitrogen and oxygen atoms in total. The zero-order valence-electron chi connectivity index (χ0n) is 10.9. The molecule has 0 unspecified atom stereocenters. The maximum absolute atomic E-state index is 11.6. The minimum absolute atomic E-state index is 0.0813. The third kappa shape index (κ3) is 4.97. The Balaban J connectivity index is 1.76. The quantitative estimate of drug-likeness (QED) is 0.661. The molecule has 0 aromatic heterocycles. The number of aryl methyl sites for hydroxylation is 1. The highest BCUT2D eigenvalue weighted by molar-refractivity contribution is 9.10. The van der Waals surface area contributed by atoms with Crippen molar-refractivity contribution in [1.82, 2.24) is 5.43 Å². The van der Waals surface area contributed by atoms with E-state index >= 15 is 0 Å². The van der Waals surface area contributed by atoms with Crippen LogP contribution in [0.4, 0.5) is 0 Å². The Morgan fingerprint density at radius 2 is 1.80 bits per heavy atom. The highest BCUT2D eigenvalue weighted by Gasteiger charge is 2.00. The molecule has 2 rings (SSSR count). The minimum Gasteiger partial charge on any atom is -0.273 e. The molecule has 4 heteroatoms. The number of halogens is 1. The summed E-state index contributed by atoms with van der Waals surface area (Å²) in [5, 5.41) is 3.94. The standard InChI is InChI=1S/C16H15BrN2O/c17-15-9-6-14(7-10-15)12-18-19-16(20)11-8-13-4-2-1-3-5-13/h1-7,9-10,12H,8,11H2,(H,19,20). The number of nitrogens with one attached hydrogen (secondary N) is 1. The van der Waals surface area contributed by atoms with Gasteiger partial charge in [0.25, 0.3) is 0 Å². The molecular formula is C16H15BrN2O. The molecule has 0 aliphatic rings. The van der Waals surface area contributed by atoms with Crippen LogP contribution in [0.1, 0.15) is 17.5 Å². The molecule has 0 aliphatic heterocycles. The van der Waals surface area contributed by atoms with Crippen molar-refractivity contribution in [3.05, 3.63) is 70.2 Å². The second-order valence-corrected chi connectivity index (χ2v) is 5.25. The predicted molar refractivity (Wildman–Crippen MR) is 84.6 cm³/mol. The lowest BCUT2D eigenvalue weighted by Crippen LogP contribution is -2.17. The predicted octanol–water partition coefficient (Wildman–Crippen LogP) is 3.53. The third-order valence-electron chi connectivity index (χ3n) is 2.76. The molecule has 20 heavy (non-hydrogen) atoms. The van der Waals surface area contributed by atoms with Crippen molar-refractivity contribution in [3.63, 3.8) is 0 Å². The fraction of sp³-hybridized carbons (Fsp3) is 0.125. The number of hydrogen-bond donors (Lipinski definition) is 1. The van der Waals surface area contributed by atoms with E-state index in [0.29, 0.717) is 6.42 Å². The lowest BCUT2D eigenvalue weighted by molar-refractivity contribution is -0.121. The topological polar surface area (TPSA) is 41.5 Å².